The summed E-state index contributed by atoms with van der Waals surface area (Å²) in [4.78, 5) is 0.357. The van der Waals surface area contributed by atoms with Crippen molar-refractivity contribution in [3.63, 3.8) is 0 Å². The van der Waals surface area contributed by atoms with Crippen molar-refractivity contribution in [1.82, 2.24) is 0 Å². The summed E-state index contributed by atoms with van der Waals surface area (Å²) in [5.41, 5.74) is 1.04. The van der Waals surface area contributed by atoms with Crippen LogP contribution in [0.2, 0.25) is 0 Å². The van der Waals surface area contributed by atoms with E-state index in [1.54, 1.807) is 12.1 Å². The first kappa shape index (κ1) is 31.8. The zero-order valence-corrected chi connectivity index (χ0v) is 26.4. The van der Waals surface area contributed by atoms with Gasteiger partial charge in [0.15, 0.2) is 3.57 Å². The van der Waals surface area contributed by atoms with Gasteiger partial charge in [-0.15, -0.1) is 0 Å². The molecule has 0 saturated heterocycles. The van der Waals surface area contributed by atoms with Gasteiger partial charge >= 0.3 is 28.5 Å². The summed E-state index contributed by atoms with van der Waals surface area (Å²) in [7, 11) is -9.80. The van der Waals surface area contributed by atoms with E-state index in [1.807, 2.05) is 91.9 Å². The van der Waals surface area contributed by atoms with Crippen molar-refractivity contribution in [2.45, 2.75) is 11.8 Å². The number of halogens is 5. The minimum atomic E-state index is -6.00. The lowest BCUT2D eigenvalue weighted by atomic mass is 10.2. The maximum atomic E-state index is 14.8. The van der Waals surface area contributed by atoms with Crippen LogP contribution < -0.4 is 37.1 Å². The van der Waals surface area contributed by atoms with Crippen molar-refractivity contribution >= 4 is 42.5 Å². The highest BCUT2D eigenvalue weighted by Crippen LogP contribution is 2.46. The fourth-order valence-electron chi connectivity index (χ4n) is 4.39. The molecule has 5 rings (SSSR count). The summed E-state index contributed by atoms with van der Waals surface area (Å²) in [6.45, 7) is -0.771. The number of sulfone groups is 1. The zero-order valence-electron chi connectivity index (χ0n) is 22.5. The molecule has 0 radical (unpaired) electrons. The largest absolute Gasteiger partial charge is 0.673 e. The molecule has 0 aliphatic heterocycles. The van der Waals surface area contributed by atoms with E-state index < -0.39 is 45.2 Å². The fourth-order valence-corrected chi connectivity index (χ4v) is 19.2. The third-order valence-electron chi connectivity index (χ3n) is 6.17. The number of aryl methyl sites for hydroxylation is 1. The smallest absolute Gasteiger partial charge is 0.418 e. The van der Waals surface area contributed by atoms with Gasteiger partial charge in [0, 0.05) is 6.89 Å². The maximum absolute atomic E-state index is 14.8. The fraction of sp³-hybridized carbons (Fsp3) is 0.0312. The molecule has 0 N–H and O–H groups in total. The van der Waals surface area contributed by atoms with Crippen molar-refractivity contribution < 1.29 is 46.9 Å². The van der Waals surface area contributed by atoms with E-state index in [4.69, 9.17) is 0 Å². The van der Waals surface area contributed by atoms with Gasteiger partial charge in [-0.05, 0) is 47.1 Å². The van der Waals surface area contributed by atoms with E-state index in [-0.39, 0.29) is 0 Å². The van der Waals surface area contributed by atoms with Gasteiger partial charge in [0.1, 0.15) is 0 Å². The van der Waals surface area contributed by atoms with Gasteiger partial charge < -0.3 is 17.3 Å². The Balaban J connectivity index is 0.000000748. The monoisotopic (exact) mass is 720 g/mol. The standard InChI is InChI=1S/C32H27IO2PS.BF4/c1-26-22-24-31(25-23-26)37(34,35)32(33-27-14-6-2-7-15-27)36(28-16-8-3-9-17-28,29-18-10-4-11-19-29)30-20-12-5-13-21-30;2-1(3,4)5/h2-25H,1H3;/q+1;-1. The van der Waals surface area contributed by atoms with E-state index >= 15 is 0 Å². The summed E-state index contributed by atoms with van der Waals surface area (Å²) < 4.78 is 70.4. The molecule has 2 nitrogen and oxygen atoms in total. The third kappa shape index (κ3) is 7.62. The molecule has 0 bridgehead atoms. The molecule has 42 heavy (non-hydrogen) atoms. The molecule has 10 heteroatoms. The normalized spacial score (nSPS) is 11.7. The summed E-state index contributed by atoms with van der Waals surface area (Å²) in [5, 5.41) is 3.15. The van der Waals surface area contributed by atoms with Crippen LogP contribution in [0, 0.1) is 10.5 Å². The highest BCUT2D eigenvalue weighted by molar-refractivity contribution is 8.19. The number of hydrogen-bond acceptors (Lipinski definition) is 2. The van der Waals surface area contributed by atoms with Crippen LogP contribution in [0.1, 0.15) is 5.56 Å². The van der Waals surface area contributed by atoms with Gasteiger partial charge in [0.2, 0.25) is 0 Å². The molecule has 0 aromatic heterocycles. The van der Waals surface area contributed by atoms with E-state index in [0.29, 0.717) is 7.53 Å². The Kier molecular flexibility index (Phi) is 10.5. The van der Waals surface area contributed by atoms with Gasteiger partial charge in [-0.1, -0.05) is 127 Å². The van der Waals surface area contributed by atoms with Crippen LogP contribution in [0.25, 0.3) is 0 Å². The Hall–Kier alpha value is -3.14. The Morgan fingerprint density at radius 1 is 0.571 bits per heavy atom. The van der Waals surface area contributed by atoms with E-state index in [9.17, 15) is 25.7 Å². The summed E-state index contributed by atoms with van der Waals surface area (Å²) in [5.74, 6) is 0. The Morgan fingerprint density at radius 2 is 0.905 bits per heavy atom. The maximum Gasteiger partial charge on any atom is 0.673 e. The van der Waals surface area contributed by atoms with Gasteiger partial charge in [-0.25, -0.2) is 8.42 Å². The van der Waals surface area contributed by atoms with Crippen LogP contribution in [0.3, 0.4) is 0 Å². The molecule has 0 amide bonds. The second-order valence-corrected chi connectivity index (χ2v) is 19.1. The van der Waals surface area contributed by atoms with E-state index in [2.05, 4.69) is 48.5 Å². The van der Waals surface area contributed by atoms with Crippen LogP contribution in [0.5, 0.6) is 0 Å². The molecule has 0 unspecified atom stereocenters. The molecule has 5 aromatic rings. The summed E-state index contributed by atoms with van der Waals surface area (Å²) >= 11 is -1.05. The van der Waals surface area contributed by atoms with Gasteiger partial charge in [0.25, 0.3) is 12.5 Å². The van der Waals surface area contributed by atoms with Crippen molar-refractivity contribution in [1.29, 1.82) is 0 Å². The van der Waals surface area contributed by atoms with Crippen LogP contribution in [0.15, 0.2) is 150 Å². The van der Waals surface area contributed by atoms with Crippen LogP contribution in [-0.2, 0) is 9.84 Å². The second kappa shape index (κ2) is 13.9. The van der Waals surface area contributed by atoms with Gasteiger partial charge in [-0.3, -0.25) is 0 Å². The number of rotatable bonds is 7. The average molecular weight is 720 g/mol. The minimum Gasteiger partial charge on any atom is -0.418 e. The summed E-state index contributed by atoms with van der Waals surface area (Å²) in [6.07, 6.45) is 0. The molecular weight excluding hydrogens is 693 g/mol. The van der Waals surface area contributed by atoms with E-state index in [0.717, 1.165) is 25.0 Å². The topological polar surface area (TPSA) is 34.1 Å². The van der Waals surface area contributed by atoms with Gasteiger partial charge in [0.05, 0.1) is 4.90 Å². The Morgan fingerprint density at radius 3 is 1.26 bits per heavy atom. The SMILES string of the molecule is Cc1ccc(S(=O)(=O)C([I+]c2ccccc2)=P(c2ccccc2)(c2ccccc2)c2ccccc2)cc1.F[B-](F)(F)F. The van der Waals surface area contributed by atoms with Crippen molar-refractivity contribution in [3.8, 4) is 0 Å². The second-order valence-electron chi connectivity index (χ2n) is 9.13. The van der Waals surface area contributed by atoms with Crippen molar-refractivity contribution in [3.05, 3.63) is 155 Å². The van der Waals surface area contributed by atoms with E-state index in [1.165, 1.54) is 0 Å². The molecular formula is C32H27BF4IO2PS. The van der Waals surface area contributed by atoms with Crippen LogP contribution in [0.4, 0.5) is 17.3 Å². The number of hydrogen-bond donors (Lipinski definition) is 0. The van der Waals surface area contributed by atoms with Crippen LogP contribution >= 0.6 is 6.89 Å². The summed E-state index contributed by atoms with van der Waals surface area (Å²) in [6, 6.07) is 48.1. The molecule has 0 aliphatic rings. The molecule has 0 heterocycles. The molecule has 0 atom stereocenters. The van der Waals surface area contributed by atoms with Gasteiger partial charge in [-0.2, -0.15) is 0 Å². The molecule has 5 aromatic carbocycles. The quantitative estimate of drug-likeness (QED) is 0.110. The lowest BCUT2D eigenvalue weighted by Crippen LogP contribution is -3.65. The first-order chi connectivity index (χ1) is 20.0. The zero-order chi connectivity index (χ0) is 30.2. The highest BCUT2D eigenvalue weighted by Gasteiger charge is 2.46. The molecule has 0 saturated carbocycles. The predicted molar refractivity (Wildman–Crippen MR) is 164 cm³/mol. The molecule has 0 spiro atoms. The number of benzene rings is 5. The first-order valence-corrected chi connectivity index (χ1v) is 18.3. The average Bonchev–Trinajstić information content (AvgIpc) is 2.99. The third-order valence-corrected chi connectivity index (χ3v) is 19.6. The van der Waals surface area contributed by atoms with Crippen molar-refractivity contribution in [2.75, 3.05) is 0 Å². The molecule has 0 fully saturated rings. The molecule has 216 valence electrons. The molecule has 0 aliphatic carbocycles. The first-order valence-electron chi connectivity index (χ1n) is 12.9. The van der Waals surface area contributed by atoms with Crippen LogP contribution in [-0.4, -0.2) is 18.3 Å². The minimum absolute atomic E-state index is 0.357. The lowest BCUT2D eigenvalue weighted by molar-refractivity contribution is -0.498. The highest BCUT2D eigenvalue weighted by atomic mass is 127. The Bertz CT molecular complexity index is 1640. The van der Waals surface area contributed by atoms with Crippen molar-refractivity contribution in [2.24, 2.45) is 0 Å². The Labute approximate surface area is 254 Å². The lowest BCUT2D eigenvalue weighted by Gasteiger charge is -2.28. The predicted octanol–water partition coefficient (Wildman–Crippen LogP) is 4.11.